The number of ether oxygens (including phenoxy) is 1. The number of carbonyl (C=O) groups excluding carboxylic acids is 1. The number of carbonyl (C=O) groups is 1. The Morgan fingerprint density at radius 2 is 1.67 bits per heavy atom. The Labute approximate surface area is 170 Å². The van der Waals surface area contributed by atoms with Gasteiger partial charge in [0.1, 0.15) is 17.4 Å². The summed E-state index contributed by atoms with van der Waals surface area (Å²) in [7, 11) is 0. The van der Waals surface area contributed by atoms with Gasteiger partial charge in [-0.1, -0.05) is 0 Å². The highest BCUT2D eigenvalue weighted by molar-refractivity contribution is 5.99. The highest BCUT2D eigenvalue weighted by Crippen LogP contribution is 2.22. The fourth-order valence-electron chi connectivity index (χ4n) is 2.60. The number of hydrogen-bond acceptors (Lipinski definition) is 4. The fourth-order valence-corrected chi connectivity index (χ4v) is 2.60. The van der Waals surface area contributed by atoms with Gasteiger partial charge in [-0.2, -0.15) is 0 Å². The maximum absolute atomic E-state index is 13.6. The van der Waals surface area contributed by atoms with Crippen molar-refractivity contribution < 1.29 is 18.3 Å². The summed E-state index contributed by atoms with van der Waals surface area (Å²) in [5.41, 5.74) is 0.181. The molecule has 7 nitrogen and oxygen atoms in total. The van der Waals surface area contributed by atoms with Gasteiger partial charge in [0.15, 0.2) is 5.82 Å². The summed E-state index contributed by atoms with van der Waals surface area (Å²) < 4.78 is 34.2. The molecular formula is C21H15F2N5O2. The van der Waals surface area contributed by atoms with E-state index in [0.29, 0.717) is 23.1 Å². The smallest absolute Gasteiger partial charge is 0.323 e. The largest absolute Gasteiger partial charge is 0.438 e. The van der Waals surface area contributed by atoms with Crippen LogP contribution >= 0.6 is 0 Å². The summed E-state index contributed by atoms with van der Waals surface area (Å²) in [6.07, 6.45) is 3.71. The van der Waals surface area contributed by atoms with Crippen LogP contribution in [0.1, 0.15) is 0 Å². The maximum Gasteiger partial charge on any atom is 0.323 e. The molecule has 0 bridgehead atoms. The van der Waals surface area contributed by atoms with E-state index in [9.17, 15) is 13.6 Å². The quantitative estimate of drug-likeness (QED) is 0.489. The molecule has 0 radical (unpaired) electrons. The van der Waals surface area contributed by atoms with Crippen LogP contribution in [0.4, 0.5) is 25.0 Å². The second-order valence-electron chi connectivity index (χ2n) is 6.15. The Morgan fingerprint density at radius 1 is 0.900 bits per heavy atom. The van der Waals surface area contributed by atoms with Crippen molar-refractivity contribution >= 4 is 17.4 Å². The van der Waals surface area contributed by atoms with Crippen LogP contribution in [0.15, 0.2) is 79.1 Å². The number of anilines is 2. The molecule has 0 saturated carbocycles. The molecule has 0 saturated heterocycles. The van der Waals surface area contributed by atoms with Crippen LogP contribution in [0.25, 0.3) is 5.82 Å². The van der Waals surface area contributed by atoms with Crippen molar-refractivity contribution in [1.29, 1.82) is 0 Å². The molecule has 2 aromatic carbocycles. The second kappa shape index (κ2) is 8.39. The Kier molecular flexibility index (Phi) is 5.33. The van der Waals surface area contributed by atoms with Gasteiger partial charge in [0, 0.05) is 30.2 Å². The van der Waals surface area contributed by atoms with Crippen LogP contribution < -0.4 is 15.4 Å². The summed E-state index contributed by atoms with van der Waals surface area (Å²) in [6.45, 7) is 0. The molecule has 0 unspecified atom stereocenters. The number of nitrogens with zero attached hydrogens (tertiary/aromatic N) is 3. The molecule has 0 aliphatic heterocycles. The molecule has 4 aromatic rings. The minimum Gasteiger partial charge on any atom is -0.438 e. The molecule has 2 heterocycles. The standard InChI is InChI=1S/C21H15F2N5O2/c22-14-3-8-17(23)18(13-14)25-21(29)24-15-4-6-16(7-5-15)30-20-10-9-19(26-27-20)28-11-1-2-12-28/h1-13H,(H2,24,25,29). The lowest BCUT2D eigenvalue weighted by molar-refractivity contribution is 0.262. The van der Waals surface area contributed by atoms with Gasteiger partial charge in [0.05, 0.1) is 5.69 Å². The zero-order valence-corrected chi connectivity index (χ0v) is 15.4. The molecule has 4 rings (SSSR count). The average Bonchev–Trinajstić information content (AvgIpc) is 3.28. The first-order chi connectivity index (χ1) is 14.6. The summed E-state index contributed by atoms with van der Waals surface area (Å²) in [4.78, 5) is 12.0. The van der Waals surface area contributed by atoms with Crippen LogP contribution in [0.2, 0.25) is 0 Å². The molecule has 0 aliphatic carbocycles. The molecule has 30 heavy (non-hydrogen) atoms. The zero-order chi connectivity index (χ0) is 20.9. The number of benzene rings is 2. The Balaban J connectivity index is 1.35. The molecular weight excluding hydrogens is 392 g/mol. The minimum absolute atomic E-state index is 0.255. The van der Waals surface area contributed by atoms with E-state index in [2.05, 4.69) is 20.8 Å². The van der Waals surface area contributed by atoms with E-state index in [4.69, 9.17) is 4.74 Å². The van der Waals surface area contributed by atoms with Gasteiger partial charge in [0.25, 0.3) is 0 Å². The predicted octanol–water partition coefficient (Wildman–Crippen LogP) is 4.98. The Hall–Kier alpha value is -4.27. The molecule has 2 aromatic heterocycles. The highest BCUT2D eigenvalue weighted by Gasteiger charge is 2.09. The van der Waals surface area contributed by atoms with Gasteiger partial charge in [-0.3, -0.25) is 0 Å². The van der Waals surface area contributed by atoms with Gasteiger partial charge in [0.2, 0.25) is 5.88 Å². The first kappa shape index (κ1) is 19.1. The fraction of sp³-hybridized carbons (Fsp3) is 0. The lowest BCUT2D eigenvalue weighted by Crippen LogP contribution is -2.20. The van der Waals surface area contributed by atoms with E-state index in [1.54, 1.807) is 36.4 Å². The van der Waals surface area contributed by atoms with E-state index >= 15 is 0 Å². The molecule has 2 amide bonds. The molecule has 150 valence electrons. The molecule has 0 atom stereocenters. The molecule has 0 fully saturated rings. The van der Waals surface area contributed by atoms with Crippen LogP contribution in [-0.2, 0) is 0 Å². The van der Waals surface area contributed by atoms with Gasteiger partial charge >= 0.3 is 6.03 Å². The highest BCUT2D eigenvalue weighted by atomic mass is 19.1. The van der Waals surface area contributed by atoms with Gasteiger partial charge in [-0.15, -0.1) is 10.2 Å². The summed E-state index contributed by atoms with van der Waals surface area (Å²) in [5, 5.41) is 12.9. The van der Waals surface area contributed by atoms with E-state index in [1.165, 1.54) is 0 Å². The topological polar surface area (TPSA) is 81.1 Å². The van der Waals surface area contributed by atoms with Gasteiger partial charge in [-0.25, -0.2) is 13.6 Å². The van der Waals surface area contributed by atoms with Crippen molar-refractivity contribution in [3.63, 3.8) is 0 Å². The van der Waals surface area contributed by atoms with E-state index in [-0.39, 0.29) is 5.69 Å². The van der Waals surface area contributed by atoms with Crippen molar-refractivity contribution in [3.8, 4) is 17.4 Å². The van der Waals surface area contributed by atoms with E-state index in [1.807, 2.05) is 29.1 Å². The number of urea groups is 1. The van der Waals surface area contributed by atoms with Crippen molar-refractivity contribution in [2.75, 3.05) is 10.6 Å². The van der Waals surface area contributed by atoms with Crippen LogP contribution in [-0.4, -0.2) is 20.8 Å². The lowest BCUT2D eigenvalue weighted by atomic mass is 10.3. The maximum atomic E-state index is 13.6. The summed E-state index contributed by atoms with van der Waals surface area (Å²) >= 11 is 0. The molecule has 0 aliphatic rings. The zero-order valence-electron chi connectivity index (χ0n) is 15.4. The first-order valence-electron chi connectivity index (χ1n) is 8.85. The number of halogens is 2. The number of hydrogen-bond donors (Lipinski definition) is 2. The lowest BCUT2D eigenvalue weighted by Gasteiger charge is -2.09. The van der Waals surface area contributed by atoms with E-state index in [0.717, 1.165) is 18.2 Å². The van der Waals surface area contributed by atoms with Crippen LogP contribution in [0.3, 0.4) is 0 Å². The van der Waals surface area contributed by atoms with Crippen molar-refractivity contribution in [1.82, 2.24) is 14.8 Å². The normalized spacial score (nSPS) is 10.5. The Bertz CT molecular complexity index is 1150. The summed E-state index contributed by atoms with van der Waals surface area (Å²) in [5.74, 6) is 0.0654. The van der Waals surface area contributed by atoms with Crippen LogP contribution in [0, 0.1) is 11.6 Å². The van der Waals surface area contributed by atoms with Gasteiger partial charge < -0.3 is 19.9 Å². The second-order valence-corrected chi connectivity index (χ2v) is 6.15. The third kappa shape index (κ3) is 4.58. The number of rotatable bonds is 5. The first-order valence-corrected chi connectivity index (χ1v) is 8.85. The summed E-state index contributed by atoms with van der Waals surface area (Å²) in [6, 6.07) is 15.8. The van der Waals surface area contributed by atoms with Crippen molar-refractivity contribution in [2.45, 2.75) is 0 Å². The molecule has 9 heteroatoms. The Morgan fingerprint density at radius 3 is 2.37 bits per heavy atom. The number of nitrogens with one attached hydrogen (secondary N) is 2. The average molecular weight is 407 g/mol. The predicted molar refractivity (Wildman–Crippen MR) is 107 cm³/mol. The van der Waals surface area contributed by atoms with Gasteiger partial charge in [-0.05, 0) is 54.6 Å². The minimum atomic E-state index is -0.737. The van der Waals surface area contributed by atoms with Crippen molar-refractivity contribution in [3.05, 3.63) is 90.8 Å². The van der Waals surface area contributed by atoms with E-state index < -0.39 is 17.7 Å². The SMILES string of the molecule is O=C(Nc1ccc(Oc2ccc(-n3cccc3)nn2)cc1)Nc1cc(F)ccc1F. The molecule has 0 spiro atoms. The monoisotopic (exact) mass is 407 g/mol. The number of amides is 2. The third-order valence-corrected chi connectivity index (χ3v) is 4.01. The van der Waals surface area contributed by atoms with Crippen LogP contribution in [0.5, 0.6) is 11.6 Å². The number of aromatic nitrogens is 3. The molecule has 2 N–H and O–H groups in total. The van der Waals surface area contributed by atoms with Crippen molar-refractivity contribution in [2.24, 2.45) is 0 Å². The third-order valence-electron chi connectivity index (χ3n) is 4.01.